The van der Waals surface area contributed by atoms with Gasteiger partial charge in [-0.25, -0.2) is 8.42 Å². The van der Waals surface area contributed by atoms with Gasteiger partial charge in [0, 0.05) is 0 Å². The van der Waals surface area contributed by atoms with Crippen molar-refractivity contribution in [2.75, 3.05) is 11.5 Å². The van der Waals surface area contributed by atoms with Crippen molar-refractivity contribution in [3.8, 4) is 0 Å². The Hall–Kier alpha value is -0.480. The van der Waals surface area contributed by atoms with Crippen LogP contribution in [0, 0.1) is 0 Å². The van der Waals surface area contributed by atoms with Crippen molar-refractivity contribution in [1.29, 1.82) is 0 Å². The van der Waals surface area contributed by atoms with Crippen LogP contribution >= 0.6 is 12.6 Å². The van der Waals surface area contributed by atoms with Crippen molar-refractivity contribution >= 4 is 22.5 Å². The summed E-state index contributed by atoms with van der Waals surface area (Å²) in [4.78, 5) is 0.400. The number of rotatable bonds is 4. The fourth-order valence-corrected chi connectivity index (χ4v) is 2.70. The summed E-state index contributed by atoms with van der Waals surface area (Å²) in [6, 6.07) is 8.50. The Kier molecular flexibility index (Phi) is 3.81. The molecule has 0 aliphatic rings. The van der Waals surface area contributed by atoms with E-state index in [-0.39, 0.29) is 5.75 Å². The van der Waals surface area contributed by atoms with E-state index in [9.17, 15) is 8.42 Å². The van der Waals surface area contributed by atoms with Crippen molar-refractivity contribution < 1.29 is 8.42 Å². The van der Waals surface area contributed by atoms with Crippen LogP contribution < -0.4 is 0 Å². The highest BCUT2D eigenvalue weighted by atomic mass is 32.2. The fourth-order valence-electron chi connectivity index (χ4n) is 1.00. The smallest absolute Gasteiger partial charge is 0.178 e. The molecule has 0 bridgehead atoms. The van der Waals surface area contributed by atoms with Crippen molar-refractivity contribution in [3.05, 3.63) is 30.3 Å². The second-order valence-corrected chi connectivity index (χ2v) is 5.27. The molecular weight excluding hydrogens is 204 g/mol. The molecule has 0 saturated heterocycles. The molecule has 4 heteroatoms. The molecule has 0 spiro atoms. The summed E-state index contributed by atoms with van der Waals surface area (Å²) in [6.45, 7) is 0. The Labute approximate surface area is 84.3 Å². The maximum absolute atomic E-state index is 11.6. The van der Waals surface area contributed by atoms with Crippen LogP contribution in [0.5, 0.6) is 0 Å². The monoisotopic (exact) mass is 216 g/mol. The Balaban J connectivity index is 2.83. The van der Waals surface area contributed by atoms with E-state index in [2.05, 4.69) is 12.6 Å². The molecule has 0 aliphatic carbocycles. The molecule has 0 aromatic heterocycles. The van der Waals surface area contributed by atoms with Gasteiger partial charge in [-0.05, 0) is 24.3 Å². The number of thiol groups is 1. The average molecular weight is 216 g/mol. The lowest BCUT2D eigenvalue weighted by atomic mass is 10.4. The summed E-state index contributed by atoms with van der Waals surface area (Å²) in [5, 5.41) is 0. The first-order chi connectivity index (χ1) is 6.17. The van der Waals surface area contributed by atoms with Gasteiger partial charge >= 0.3 is 0 Å². The Bertz CT molecular complexity index is 343. The van der Waals surface area contributed by atoms with E-state index in [0.717, 1.165) is 0 Å². The summed E-state index contributed by atoms with van der Waals surface area (Å²) >= 11 is 3.98. The number of hydrogen-bond acceptors (Lipinski definition) is 3. The standard InChI is InChI=1S/C9H12O2S2/c10-13(11,8-4-7-12)9-5-2-1-3-6-9/h1-3,5-6,12H,4,7-8H2. The molecule has 0 fully saturated rings. The van der Waals surface area contributed by atoms with Crippen LogP contribution in [0.25, 0.3) is 0 Å². The van der Waals surface area contributed by atoms with Crippen LogP contribution in [0.4, 0.5) is 0 Å². The van der Waals surface area contributed by atoms with Gasteiger partial charge in [-0.15, -0.1) is 0 Å². The topological polar surface area (TPSA) is 34.1 Å². The Morgan fingerprint density at radius 1 is 1.15 bits per heavy atom. The van der Waals surface area contributed by atoms with Gasteiger partial charge in [0.2, 0.25) is 0 Å². The number of benzene rings is 1. The van der Waals surface area contributed by atoms with Crippen molar-refractivity contribution in [1.82, 2.24) is 0 Å². The van der Waals surface area contributed by atoms with Gasteiger partial charge in [0.15, 0.2) is 9.84 Å². The molecular formula is C9H12O2S2. The zero-order valence-corrected chi connectivity index (χ0v) is 8.89. The SMILES string of the molecule is O=S(=O)(CCCS)c1ccccc1. The number of sulfone groups is 1. The highest BCUT2D eigenvalue weighted by Gasteiger charge is 2.11. The van der Waals surface area contributed by atoms with Gasteiger partial charge in [0.25, 0.3) is 0 Å². The minimum Gasteiger partial charge on any atom is -0.224 e. The highest BCUT2D eigenvalue weighted by molar-refractivity contribution is 7.91. The first kappa shape index (κ1) is 10.6. The van der Waals surface area contributed by atoms with Crippen molar-refractivity contribution in [2.24, 2.45) is 0 Å². The van der Waals surface area contributed by atoms with Gasteiger partial charge in [-0.1, -0.05) is 18.2 Å². The minimum atomic E-state index is -3.07. The van der Waals surface area contributed by atoms with E-state index in [4.69, 9.17) is 0 Å². The molecule has 0 radical (unpaired) electrons. The second kappa shape index (κ2) is 4.67. The molecule has 0 aliphatic heterocycles. The maximum Gasteiger partial charge on any atom is 0.178 e. The number of hydrogen-bond donors (Lipinski definition) is 1. The van der Waals surface area contributed by atoms with Crippen molar-refractivity contribution in [3.63, 3.8) is 0 Å². The summed E-state index contributed by atoms with van der Waals surface area (Å²) < 4.78 is 23.1. The second-order valence-electron chi connectivity index (χ2n) is 2.71. The molecule has 1 aromatic rings. The zero-order chi connectivity index (χ0) is 9.73. The molecule has 0 saturated carbocycles. The van der Waals surface area contributed by atoms with E-state index in [1.807, 2.05) is 0 Å². The summed E-state index contributed by atoms with van der Waals surface area (Å²) in [7, 11) is -3.07. The van der Waals surface area contributed by atoms with Crippen molar-refractivity contribution in [2.45, 2.75) is 11.3 Å². The van der Waals surface area contributed by atoms with Crippen LogP contribution in [0.1, 0.15) is 6.42 Å². The van der Waals surface area contributed by atoms with E-state index in [1.54, 1.807) is 30.3 Å². The quantitative estimate of drug-likeness (QED) is 0.778. The van der Waals surface area contributed by atoms with E-state index in [1.165, 1.54) is 0 Å². The molecule has 1 aromatic carbocycles. The van der Waals surface area contributed by atoms with E-state index in [0.29, 0.717) is 17.1 Å². The highest BCUT2D eigenvalue weighted by Crippen LogP contribution is 2.10. The third-order valence-corrected chi connectivity index (χ3v) is 3.81. The van der Waals surface area contributed by atoms with Crippen LogP contribution in [-0.2, 0) is 9.84 Å². The first-order valence-corrected chi connectivity index (χ1v) is 6.34. The van der Waals surface area contributed by atoms with Gasteiger partial charge in [-0.3, -0.25) is 0 Å². The lowest BCUT2D eigenvalue weighted by Crippen LogP contribution is -2.06. The lowest BCUT2D eigenvalue weighted by Gasteiger charge is -2.01. The predicted molar refractivity (Wildman–Crippen MR) is 57.0 cm³/mol. The van der Waals surface area contributed by atoms with E-state index >= 15 is 0 Å². The zero-order valence-electron chi connectivity index (χ0n) is 7.18. The summed E-state index contributed by atoms with van der Waals surface area (Å²) in [5.74, 6) is 0.784. The maximum atomic E-state index is 11.6. The molecule has 1 rings (SSSR count). The first-order valence-electron chi connectivity index (χ1n) is 4.05. The molecule has 0 unspecified atom stereocenters. The molecule has 0 atom stereocenters. The molecule has 0 N–H and O–H groups in total. The lowest BCUT2D eigenvalue weighted by molar-refractivity contribution is 0.595. The van der Waals surface area contributed by atoms with Gasteiger partial charge < -0.3 is 0 Å². The van der Waals surface area contributed by atoms with Gasteiger partial charge in [0.05, 0.1) is 10.6 Å². The van der Waals surface area contributed by atoms with Crippen LogP contribution in [0.15, 0.2) is 35.2 Å². The Morgan fingerprint density at radius 3 is 2.31 bits per heavy atom. The van der Waals surface area contributed by atoms with Gasteiger partial charge in [-0.2, -0.15) is 12.6 Å². The largest absolute Gasteiger partial charge is 0.224 e. The van der Waals surface area contributed by atoms with E-state index < -0.39 is 9.84 Å². The Morgan fingerprint density at radius 2 is 1.77 bits per heavy atom. The van der Waals surface area contributed by atoms with Crippen LogP contribution in [-0.4, -0.2) is 19.9 Å². The molecule has 2 nitrogen and oxygen atoms in total. The fraction of sp³-hybridized carbons (Fsp3) is 0.333. The minimum absolute atomic E-state index is 0.181. The third-order valence-electron chi connectivity index (χ3n) is 1.67. The normalized spacial score (nSPS) is 11.5. The summed E-state index contributed by atoms with van der Waals surface area (Å²) in [6.07, 6.45) is 0.598. The summed E-state index contributed by atoms with van der Waals surface area (Å²) in [5.41, 5.74) is 0. The molecule has 72 valence electrons. The predicted octanol–water partition coefficient (Wildman–Crippen LogP) is 1.78. The molecule has 13 heavy (non-hydrogen) atoms. The van der Waals surface area contributed by atoms with Gasteiger partial charge in [0.1, 0.15) is 0 Å². The third kappa shape index (κ3) is 3.04. The van der Waals surface area contributed by atoms with Crippen LogP contribution in [0.2, 0.25) is 0 Å². The van der Waals surface area contributed by atoms with Crippen LogP contribution in [0.3, 0.4) is 0 Å². The molecule has 0 amide bonds. The molecule has 0 heterocycles. The average Bonchev–Trinajstić information content (AvgIpc) is 2.16.